The molecule has 6 heteroatoms. The van der Waals surface area contributed by atoms with Crippen molar-refractivity contribution in [3.8, 4) is 5.75 Å². The first-order valence-corrected chi connectivity index (χ1v) is 6.96. The van der Waals surface area contributed by atoms with E-state index in [9.17, 15) is 8.78 Å². The van der Waals surface area contributed by atoms with Crippen molar-refractivity contribution in [2.75, 3.05) is 12.4 Å². The van der Waals surface area contributed by atoms with E-state index >= 15 is 0 Å². The van der Waals surface area contributed by atoms with Crippen LogP contribution in [0.5, 0.6) is 5.75 Å². The maximum absolute atomic E-state index is 11.9. The number of nitrogens with zero attached hydrogens (tertiary/aromatic N) is 1. The van der Waals surface area contributed by atoms with E-state index in [0.29, 0.717) is 34.4 Å². The predicted octanol–water partition coefficient (Wildman–Crippen LogP) is 4.66. The number of fused-ring (bicyclic) bond motifs is 1. The molecule has 0 amide bonds. The molecule has 0 bridgehead atoms. The zero-order chi connectivity index (χ0) is 14.4. The number of ether oxygens (including phenoxy) is 1. The lowest BCUT2D eigenvalue weighted by molar-refractivity contribution is 0.363. The van der Waals surface area contributed by atoms with E-state index in [1.807, 2.05) is 0 Å². The molecule has 0 aliphatic carbocycles. The van der Waals surface area contributed by atoms with Crippen LogP contribution in [0.4, 0.5) is 8.78 Å². The summed E-state index contributed by atoms with van der Waals surface area (Å²) >= 11 is 1.30. The Morgan fingerprint density at radius 3 is 3.05 bits per heavy atom. The van der Waals surface area contributed by atoms with Gasteiger partial charge in [-0.3, -0.25) is 0 Å². The summed E-state index contributed by atoms with van der Waals surface area (Å²) < 4.78 is 34.7. The topological polar surface area (TPSA) is 35.3 Å². The third-order valence-electron chi connectivity index (χ3n) is 2.35. The normalized spacial score (nSPS) is 10.5. The molecule has 0 unspecified atom stereocenters. The molecular formula is C14H13F2NO2S. The lowest BCUT2D eigenvalue weighted by Crippen LogP contribution is -1.91. The molecule has 0 aliphatic rings. The summed E-state index contributed by atoms with van der Waals surface area (Å²) in [5, 5.41) is 0.466. The fourth-order valence-electron chi connectivity index (χ4n) is 1.50. The van der Waals surface area contributed by atoms with Crippen molar-refractivity contribution < 1.29 is 17.9 Å². The molecule has 0 aliphatic heterocycles. The van der Waals surface area contributed by atoms with Gasteiger partial charge in [0.2, 0.25) is 0 Å². The molecule has 0 spiro atoms. The summed E-state index contributed by atoms with van der Waals surface area (Å²) in [6.07, 6.45) is 1.16. The number of thioether (sulfide) groups is 1. The van der Waals surface area contributed by atoms with Crippen molar-refractivity contribution >= 4 is 22.9 Å². The lowest BCUT2D eigenvalue weighted by atomic mass is 10.3. The molecule has 0 radical (unpaired) electrons. The maximum Gasteiger partial charge on any atom is 0.266 e. The van der Waals surface area contributed by atoms with E-state index < -0.39 is 6.08 Å². The quantitative estimate of drug-likeness (QED) is 0.423. The van der Waals surface area contributed by atoms with Crippen LogP contribution in [-0.2, 0) is 0 Å². The molecule has 2 aromatic rings. The molecule has 1 aromatic carbocycles. The summed E-state index contributed by atoms with van der Waals surface area (Å²) in [5.41, 5.74) is 1.33. The Balaban J connectivity index is 2.01. The number of aromatic nitrogens is 1. The highest BCUT2D eigenvalue weighted by atomic mass is 32.2. The van der Waals surface area contributed by atoms with Crippen molar-refractivity contribution in [3.63, 3.8) is 0 Å². The van der Waals surface area contributed by atoms with Crippen molar-refractivity contribution in [2.24, 2.45) is 0 Å². The van der Waals surface area contributed by atoms with E-state index in [-0.39, 0.29) is 6.42 Å². The summed E-state index contributed by atoms with van der Waals surface area (Å²) in [5.74, 6) is 1.16. The van der Waals surface area contributed by atoms with Crippen LogP contribution in [0.25, 0.3) is 11.1 Å². The van der Waals surface area contributed by atoms with E-state index in [1.165, 1.54) is 11.8 Å². The summed E-state index contributed by atoms with van der Waals surface area (Å²) in [6.45, 7) is 3.99. The van der Waals surface area contributed by atoms with Crippen LogP contribution >= 0.6 is 11.8 Å². The van der Waals surface area contributed by atoms with E-state index in [2.05, 4.69) is 11.6 Å². The van der Waals surface area contributed by atoms with Gasteiger partial charge in [-0.05, 0) is 24.6 Å². The zero-order valence-electron chi connectivity index (χ0n) is 10.6. The fourth-order valence-corrected chi connectivity index (χ4v) is 2.23. The first kappa shape index (κ1) is 14.6. The highest BCUT2D eigenvalue weighted by molar-refractivity contribution is 7.99. The van der Waals surface area contributed by atoms with Crippen LogP contribution in [0.3, 0.4) is 0 Å². The average Bonchev–Trinajstić information content (AvgIpc) is 2.83. The van der Waals surface area contributed by atoms with Gasteiger partial charge in [-0.15, -0.1) is 0 Å². The standard InChI is InChI=1S/C14H13F2NO2S/c1-2-7-18-10-5-6-11-12(9-10)19-14(17-11)20-8-3-4-13(15)16/h2,4-6,9H,1,3,7-8H2. The summed E-state index contributed by atoms with van der Waals surface area (Å²) in [7, 11) is 0. The van der Waals surface area contributed by atoms with E-state index in [1.54, 1.807) is 24.3 Å². The monoisotopic (exact) mass is 297 g/mol. The first-order valence-electron chi connectivity index (χ1n) is 5.97. The van der Waals surface area contributed by atoms with E-state index in [4.69, 9.17) is 9.15 Å². The molecule has 20 heavy (non-hydrogen) atoms. The predicted molar refractivity (Wildman–Crippen MR) is 75.3 cm³/mol. The molecule has 2 rings (SSSR count). The minimum atomic E-state index is -1.66. The number of benzene rings is 1. The van der Waals surface area contributed by atoms with Crippen molar-refractivity contribution in [1.29, 1.82) is 0 Å². The highest BCUT2D eigenvalue weighted by Crippen LogP contribution is 2.27. The SMILES string of the molecule is C=CCOc1ccc2nc(SCCC=C(F)F)oc2c1. The van der Waals surface area contributed by atoms with Gasteiger partial charge in [-0.2, -0.15) is 8.78 Å². The Labute approximate surface area is 119 Å². The number of hydrogen-bond donors (Lipinski definition) is 0. The number of oxazole rings is 1. The van der Waals surface area contributed by atoms with Gasteiger partial charge in [-0.1, -0.05) is 24.4 Å². The van der Waals surface area contributed by atoms with Gasteiger partial charge in [0.15, 0.2) is 5.58 Å². The lowest BCUT2D eigenvalue weighted by Gasteiger charge is -2.00. The maximum atomic E-state index is 11.9. The third-order valence-corrected chi connectivity index (χ3v) is 3.21. The Kier molecular flexibility index (Phi) is 5.17. The molecule has 0 atom stereocenters. The Bertz CT molecular complexity index is 621. The molecule has 106 valence electrons. The van der Waals surface area contributed by atoms with Crippen LogP contribution in [0.2, 0.25) is 0 Å². The van der Waals surface area contributed by atoms with Gasteiger partial charge < -0.3 is 9.15 Å². The van der Waals surface area contributed by atoms with Gasteiger partial charge in [0.25, 0.3) is 11.3 Å². The summed E-state index contributed by atoms with van der Waals surface area (Å²) in [6, 6.07) is 5.34. The highest BCUT2D eigenvalue weighted by Gasteiger charge is 2.07. The molecule has 3 nitrogen and oxygen atoms in total. The molecule has 1 heterocycles. The van der Waals surface area contributed by atoms with Gasteiger partial charge in [-0.25, -0.2) is 4.98 Å². The largest absolute Gasteiger partial charge is 0.489 e. The van der Waals surface area contributed by atoms with Crippen LogP contribution in [-0.4, -0.2) is 17.3 Å². The number of rotatable bonds is 7. The Morgan fingerprint density at radius 1 is 1.45 bits per heavy atom. The van der Waals surface area contributed by atoms with E-state index in [0.717, 1.165) is 6.08 Å². The van der Waals surface area contributed by atoms with Gasteiger partial charge in [0.05, 0.1) is 0 Å². The summed E-state index contributed by atoms with van der Waals surface area (Å²) in [4.78, 5) is 4.26. The second-order valence-corrected chi connectivity index (χ2v) is 4.89. The van der Waals surface area contributed by atoms with Gasteiger partial charge in [0.1, 0.15) is 17.9 Å². The number of hydrogen-bond acceptors (Lipinski definition) is 4. The first-order chi connectivity index (χ1) is 9.69. The number of halogens is 2. The third kappa shape index (κ3) is 4.09. The minimum Gasteiger partial charge on any atom is -0.489 e. The fraction of sp³-hybridized carbons (Fsp3) is 0.214. The van der Waals surface area contributed by atoms with Crippen LogP contribution in [0.1, 0.15) is 6.42 Å². The van der Waals surface area contributed by atoms with Gasteiger partial charge in [0, 0.05) is 11.8 Å². The molecular weight excluding hydrogens is 284 g/mol. The Morgan fingerprint density at radius 2 is 2.30 bits per heavy atom. The number of allylic oxidation sites excluding steroid dienone is 1. The second-order valence-electron chi connectivity index (χ2n) is 3.84. The molecule has 0 N–H and O–H groups in total. The van der Waals surface area contributed by atoms with Crippen LogP contribution in [0, 0.1) is 0 Å². The zero-order valence-corrected chi connectivity index (χ0v) is 11.5. The molecule has 0 saturated carbocycles. The van der Waals surface area contributed by atoms with Gasteiger partial charge >= 0.3 is 0 Å². The molecule has 0 saturated heterocycles. The van der Waals surface area contributed by atoms with Crippen LogP contribution in [0.15, 0.2) is 52.7 Å². The van der Waals surface area contributed by atoms with Crippen molar-refractivity contribution in [1.82, 2.24) is 4.98 Å². The minimum absolute atomic E-state index is 0.277. The Hall–Kier alpha value is -1.82. The average molecular weight is 297 g/mol. The second kappa shape index (κ2) is 7.09. The molecule has 0 fully saturated rings. The molecule has 1 aromatic heterocycles. The van der Waals surface area contributed by atoms with Crippen molar-refractivity contribution in [2.45, 2.75) is 11.6 Å². The smallest absolute Gasteiger partial charge is 0.266 e. The van der Waals surface area contributed by atoms with Crippen LogP contribution < -0.4 is 4.74 Å². The van der Waals surface area contributed by atoms with Crippen molar-refractivity contribution in [3.05, 3.63) is 43.0 Å².